The molecule has 6 nitrogen and oxygen atoms in total. The van der Waals surface area contributed by atoms with E-state index in [1.165, 1.54) is 5.56 Å². The van der Waals surface area contributed by atoms with Gasteiger partial charge in [-0.25, -0.2) is 0 Å². The highest BCUT2D eigenvalue weighted by Gasteiger charge is 2.08. The third kappa shape index (κ3) is 2.54. The van der Waals surface area contributed by atoms with Gasteiger partial charge in [0.2, 0.25) is 5.95 Å². The molecule has 3 N–H and O–H groups in total. The molecule has 0 radical (unpaired) electrons. The monoisotopic (exact) mass is 268 g/mol. The molecule has 2 aromatic heterocycles. The summed E-state index contributed by atoms with van der Waals surface area (Å²) in [6, 6.07) is 10.2. The van der Waals surface area contributed by atoms with Crippen molar-refractivity contribution >= 4 is 22.8 Å². The Kier molecular flexibility index (Phi) is 3.45. The zero-order valence-corrected chi connectivity index (χ0v) is 11.2. The first kappa shape index (κ1) is 12.4. The summed E-state index contributed by atoms with van der Waals surface area (Å²) in [4.78, 5) is 8.84. The van der Waals surface area contributed by atoms with E-state index in [-0.39, 0.29) is 0 Å². The second-order valence-corrected chi connectivity index (χ2v) is 4.40. The maximum absolute atomic E-state index is 4.48. The van der Waals surface area contributed by atoms with Crippen LogP contribution in [0.15, 0.2) is 36.5 Å². The van der Waals surface area contributed by atoms with Crippen LogP contribution < -0.4 is 10.6 Å². The molecule has 0 aliphatic heterocycles. The first-order chi connectivity index (χ1) is 9.86. The van der Waals surface area contributed by atoms with Gasteiger partial charge in [-0.3, -0.25) is 5.10 Å². The van der Waals surface area contributed by atoms with Crippen LogP contribution in [0.2, 0.25) is 0 Å². The highest BCUT2D eigenvalue weighted by atomic mass is 15.2. The van der Waals surface area contributed by atoms with Gasteiger partial charge in [-0.1, -0.05) is 30.3 Å². The van der Waals surface area contributed by atoms with Crippen molar-refractivity contribution in [3.05, 3.63) is 42.1 Å². The number of fused-ring (bicyclic) bond motifs is 1. The second kappa shape index (κ2) is 5.56. The summed E-state index contributed by atoms with van der Waals surface area (Å²) in [6.45, 7) is 3.50. The van der Waals surface area contributed by atoms with Crippen LogP contribution in [-0.4, -0.2) is 26.7 Å². The third-order valence-electron chi connectivity index (χ3n) is 2.95. The van der Waals surface area contributed by atoms with E-state index < -0.39 is 0 Å². The van der Waals surface area contributed by atoms with Crippen molar-refractivity contribution in [2.24, 2.45) is 0 Å². The molecule has 0 aliphatic rings. The predicted octanol–water partition coefficient (Wildman–Crippen LogP) is 2.40. The molecular weight excluding hydrogens is 252 g/mol. The van der Waals surface area contributed by atoms with E-state index in [0.29, 0.717) is 12.5 Å². The Hall–Kier alpha value is -2.63. The summed E-state index contributed by atoms with van der Waals surface area (Å²) >= 11 is 0. The lowest BCUT2D eigenvalue weighted by Crippen LogP contribution is -2.07. The van der Waals surface area contributed by atoms with Crippen LogP contribution in [-0.2, 0) is 6.54 Å². The maximum atomic E-state index is 4.48. The zero-order chi connectivity index (χ0) is 13.8. The van der Waals surface area contributed by atoms with E-state index in [4.69, 9.17) is 0 Å². The number of rotatable bonds is 5. The molecule has 102 valence electrons. The second-order valence-electron chi connectivity index (χ2n) is 4.40. The molecule has 0 fully saturated rings. The lowest BCUT2D eigenvalue weighted by atomic mass is 10.2. The van der Waals surface area contributed by atoms with Crippen LogP contribution in [0.25, 0.3) is 11.0 Å². The van der Waals surface area contributed by atoms with Crippen molar-refractivity contribution in [1.82, 2.24) is 20.2 Å². The lowest BCUT2D eigenvalue weighted by Gasteiger charge is -2.09. The van der Waals surface area contributed by atoms with E-state index in [1.807, 2.05) is 25.1 Å². The smallest absolute Gasteiger partial charge is 0.226 e. The Balaban J connectivity index is 1.87. The number of anilines is 2. The van der Waals surface area contributed by atoms with Crippen LogP contribution in [0.3, 0.4) is 0 Å². The Morgan fingerprint density at radius 2 is 1.95 bits per heavy atom. The summed E-state index contributed by atoms with van der Waals surface area (Å²) in [7, 11) is 0. The first-order valence-electron chi connectivity index (χ1n) is 6.59. The number of aromatic amines is 1. The molecular formula is C14H16N6. The molecule has 2 heterocycles. The molecule has 0 atom stereocenters. The fraction of sp³-hybridized carbons (Fsp3) is 0.214. The van der Waals surface area contributed by atoms with Gasteiger partial charge in [0.1, 0.15) is 5.82 Å². The maximum Gasteiger partial charge on any atom is 0.226 e. The Morgan fingerprint density at radius 3 is 2.75 bits per heavy atom. The zero-order valence-electron chi connectivity index (χ0n) is 11.2. The molecule has 0 saturated carbocycles. The molecule has 1 aromatic carbocycles. The molecule has 0 saturated heterocycles. The molecule has 0 spiro atoms. The number of hydrogen-bond acceptors (Lipinski definition) is 5. The molecule has 20 heavy (non-hydrogen) atoms. The van der Waals surface area contributed by atoms with E-state index in [1.54, 1.807) is 6.20 Å². The van der Waals surface area contributed by atoms with Crippen LogP contribution in [0.5, 0.6) is 0 Å². The van der Waals surface area contributed by atoms with Gasteiger partial charge >= 0.3 is 0 Å². The van der Waals surface area contributed by atoms with E-state index in [9.17, 15) is 0 Å². The van der Waals surface area contributed by atoms with Gasteiger partial charge in [0.15, 0.2) is 5.65 Å². The lowest BCUT2D eigenvalue weighted by molar-refractivity contribution is 1.06. The van der Waals surface area contributed by atoms with Crippen molar-refractivity contribution in [2.45, 2.75) is 13.5 Å². The van der Waals surface area contributed by atoms with E-state index in [2.05, 4.69) is 42.9 Å². The average Bonchev–Trinajstić information content (AvgIpc) is 2.95. The van der Waals surface area contributed by atoms with Gasteiger partial charge < -0.3 is 10.6 Å². The predicted molar refractivity (Wildman–Crippen MR) is 79.6 cm³/mol. The number of H-pyrrole nitrogens is 1. The van der Waals surface area contributed by atoms with E-state index in [0.717, 1.165) is 23.4 Å². The third-order valence-corrected chi connectivity index (χ3v) is 2.95. The summed E-state index contributed by atoms with van der Waals surface area (Å²) < 4.78 is 0. The van der Waals surface area contributed by atoms with Gasteiger partial charge in [-0.2, -0.15) is 15.1 Å². The minimum atomic E-state index is 0.597. The number of nitrogens with one attached hydrogen (secondary N) is 3. The summed E-state index contributed by atoms with van der Waals surface area (Å²) in [5.41, 5.74) is 1.93. The van der Waals surface area contributed by atoms with Crippen molar-refractivity contribution in [3.8, 4) is 0 Å². The topological polar surface area (TPSA) is 78.5 Å². The van der Waals surface area contributed by atoms with Gasteiger partial charge in [-0.05, 0) is 12.5 Å². The fourth-order valence-corrected chi connectivity index (χ4v) is 1.99. The normalized spacial score (nSPS) is 10.7. The molecule has 0 aliphatic carbocycles. The Bertz CT molecular complexity index is 691. The molecule has 3 aromatic rings. The van der Waals surface area contributed by atoms with Gasteiger partial charge in [0.05, 0.1) is 11.6 Å². The molecule has 0 amide bonds. The van der Waals surface area contributed by atoms with Crippen LogP contribution >= 0.6 is 0 Å². The Labute approximate surface area is 116 Å². The van der Waals surface area contributed by atoms with Crippen LogP contribution in [0.4, 0.5) is 11.8 Å². The quantitative estimate of drug-likeness (QED) is 0.662. The summed E-state index contributed by atoms with van der Waals surface area (Å²) in [5.74, 6) is 1.38. The summed E-state index contributed by atoms with van der Waals surface area (Å²) in [5, 5.41) is 14.2. The van der Waals surface area contributed by atoms with Gasteiger partial charge in [-0.15, -0.1) is 0 Å². The average molecular weight is 268 g/mol. The van der Waals surface area contributed by atoms with Crippen LogP contribution in [0, 0.1) is 0 Å². The van der Waals surface area contributed by atoms with Gasteiger partial charge in [0.25, 0.3) is 0 Å². The summed E-state index contributed by atoms with van der Waals surface area (Å²) in [6.07, 6.45) is 1.73. The minimum Gasteiger partial charge on any atom is -0.365 e. The number of aromatic nitrogens is 4. The first-order valence-corrected chi connectivity index (χ1v) is 6.59. The van der Waals surface area contributed by atoms with Gasteiger partial charge in [0, 0.05) is 13.1 Å². The minimum absolute atomic E-state index is 0.597. The highest BCUT2D eigenvalue weighted by Crippen LogP contribution is 2.20. The molecule has 0 bridgehead atoms. The van der Waals surface area contributed by atoms with Crippen molar-refractivity contribution < 1.29 is 0 Å². The van der Waals surface area contributed by atoms with Crippen molar-refractivity contribution in [3.63, 3.8) is 0 Å². The largest absolute Gasteiger partial charge is 0.365 e. The van der Waals surface area contributed by atoms with E-state index >= 15 is 0 Å². The number of hydrogen-bond donors (Lipinski definition) is 3. The molecule has 6 heteroatoms. The standard InChI is InChI=1S/C14H16N6/c1-2-15-14-18-12(11-9-17-20-13(11)19-14)16-8-10-6-4-3-5-7-10/h3-7,9H,2,8H2,1H3,(H3,15,16,17,18,19,20). The number of nitrogens with zero attached hydrogens (tertiary/aromatic N) is 3. The highest BCUT2D eigenvalue weighted by molar-refractivity contribution is 5.86. The Morgan fingerprint density at radius 1 is 1.10 bits per heavy atom. The molecule has 0 unspecified atom stereocenters. The van der Waals surface area contributed by atoms with Crippen molar-refractivity contribution in [1.29, 1.82) is 0 Å². The fourth-order valence-electron chi connectivity index (χ4n) is 1.99. The molecule has 3 rings (SSSR count). The number of benzene rings is 1. The SMILES string of the molecule is CCNc1nc(NCc2ccccc2)c2cn[nH]c2n1. The van der Waals surface area contributed by atoms with Crippen LogP contribution in [0.1, 0.15) is 12.5 Å². The van der Waals surface area contributed by atoms with Crippen molar-refractivity contribution in [2.75, 3.05) is 17.2 Å².